The molecule has 0 aliphatic carbocycles. The van der Waals surface area contributed by atoms with Crippen molar-refractivity contribution in [2.24, 2.45) is 0 Å². The second-order valence-corrected chi connectivity index (χ2v) is 8.37. The lowest BCUT2D eigenvalue weighted by atomic mass is 10.1. The Balaban J connectivity index is 1.37. The number of ether oxygens (including phenoxy) is 1. The molecule has 0 saturated carbocycles. The number of imidazole rings is 1. The van der Waals surface area contributed by atoms with Gasteiger partial charge in [-0.15, -0.1) is 0 Å². The van der Waals surface area contributed by atoms with Crippen LogP contribution in [0.25, 0.3) is 33.7 Å². The van der Waals surface area contributed by atoms with Gasteiger partial charge in [-0.1, -0.05) is 36.4 Å². The van der Waals surface area contributed by atoms with Gasteiger partial charge in [0.1, 0.15) is 17.1 Å². The quantitative estimate of drug-likeness (QED) is 0.493. The van der Waals surface area contributed by atoms with Crippen LogP contribution < -0.4 is 4.74 Å². The first-order valence-electron chi connectivity index (χ1n) is 11.3. The van der Waals surface area contributed by atoms with E-state index in [0.29, 0.717) is 6.61 Å². The second-order valence-electron chi connectivity index (χ2n) is 8.37. The van der Waals surface area contributed by atoms with Gasteiger partial charge in [-0.2, -0.15) is 0 Å². The molecule has 1 fully saturated rings. The molecule has 2 aromatic carbocycles. The molecule has 4 aromatic rings. The average molecular weight is 428 g/mol. The van der Waals surface area contributed by atoms with E-state index in [-0.39, 0.29) is 0 Å². The number of pyridine rings is 1. The van der Waals surface area contributed by atoms with Crippen molar-refractivity contribution >= 4 is 11.2 Å². The molecule has 5 rings (SSSR count). The molecule has 1 aliphatic heterocycles. The van der Waals surface area contributed by atoms with Crippen LogP contribution >= 0.6 is 0 Å². The van der Waals surface area contributed by atoms with Gasteiger partial charge in [0.05, 0.1) is 6.61 Å². The molecule has 0 radical (unpaired) electrons. The molecular weight excluding hydrogens is 398 g/mol. The molecule has 0 atom stereocenters. The van der Waals surface area contributed by atoms with Crippen LogP contribution in [0.1, 0.15) is 12.5 Å². The van der Waals surface area contributed by atoms with Crippen LogP contribution in [-0.4, -0.2) is 64.6 Å². The Labute approximate surface area is 188 Å². The van der Waals surface area contributed by atoms with E-state index in [9.17, 15) is 0 Å². The number of likely N-dealkylation sites (N-methyl/N-ethyl adjacent to an activating group) is 1. The Morgan fingerprint density at radius 2 is 1.62 bits per heavy atom. The molecule has 164 valence electrons. The third-order valence-corrected chi connectivity index (χ3v) is 6.09. The van der Waals surface area contributed by atoms with Crippen molar-refractivity contribution in [2.75, 3.05) is 39.8 Å². The molecule has 0 bridgehead atoms. The monoisotopic (exact) mass is 427 g/mol. The maximum Gasteiger partial charge on any atom is 0.158 e. The predicted octanol–water partition coefficient (Wildman–Crippen LogP) is 4.44. The number of hydrogen-bond acceptors (Lipinski definition) is 5. The highest BCUT2D eigenvalue weighted by molar-refractivity contribution is 5.91. The largest absolute Gasteiger partial charge is 0.494 e. The molecule has 1 N–H and O–H groups in total. The molecule has 1 aliphatic rings. The Kier molecular flexibility index (Phi) is 5.88. The number of H-pyrrole nitrogens is 1. The van der Waals surface area contributed by atoms with Gasteiger partial charge in [0.25, 0.3) is 0 Å². The first-order valence-corrected chi connectivity index (χ1v) is 11.3. The van der Waals surface area contributed by atoms with E-state index in [1.54, 1.807) is 0 Å². The topological polar surface area (TPSA) is 57.3 Å². The Hall–Kier alpha value is -3.22. The van der Waals surface area contributed by atoms with E-state index in [1.807, 2.05) is 31.3 Å². The highest BCUT2D eigenvalue weighted by atomic mass is 16.5. The third-order valence-electron chi connectivity index (χ3n) is 6.09. The lowest BCUT2D eigenvalue weighted by Crippen LogP contribution is -2.43. The maximum absolute atomic E-state index is 5.57. The molecule has 0 unspecified atom stereocenters. The minimum Gasteiger partial charge on any atom is -0.494 e. The number of aromatic nitrogens is 3. The lowest BCUT2D eigenvalue weighted by molar-refractivity contribution is 0.148. The van der Waals surface area contributed by atoms with Gasteiger partial charge in [0.15, 0.2) is 5.65 Å². The van der Waals surface area contributed by atoms with Crippen LogP contribution in [-0.2, 0) is 6.54 Å². The van der Waals surface area contributed by atoms with Gasteiger partial charge in [0, 0.05) is 50.0 Å². The van der Waals surface area contributed by atoms with Crippen molar-refractivity contribution in [1.82, 2.24) is 24.8 Å². The number of nitrogens with zero attached hydrogens (tertiary/aromatic N) is 4. The zero-order valence-electron chi connectivity index (χ0n) is 18.7. The summed E-state index contributed by atoms with van der Waals surface area (Å²) in [6.07, 6.45) is 1.83. The molecule has 3 heterocycles. The highest BCUT2D eigenvalue weighted by Crippen LogP contribution is 2.30. The van der Waals surface area contributed by atoms with Crippen molar-refractivity contribution in [2.45, 2.75) is 13.5 Å². The van der Waals surface area contributed by atoms with Crippen LogP contribution in [0.2, 0.25) is 0 Å². The third kappa shape index (κ3) is 4.38. The fourth-order valence-electron chi connectivity index (χ4n) is 4.21. The lowest BCUT2D eigenvalue weighted by Gasteiger charge is -2.32. The summed E-state index contributed by atoms with van der Waals surface area (Å²) < 4.78 is 5.57. The molecule has 0 spiro atoms. The van der Waals surface area contributed by atoms with Gasteiger partial charge in [-0.3, -0.25) is 4.90 Å². The zero-order valence-corrected chi connectivity index (χ0v) is 18.7. The summed E-state index contributed by atoms with van der Waals surface area (Å²) in [5, 5.41) is 0. The van der Waals surface area contributed by atoms with Crippen molar-refractivity contribution in [3.8, 4) is 28.3 Å². The molecular formula is C26H29N5O. The standard InChI is InChI=1S/C26H29N5O/c1-3-32-22-10-8-20(9-11-22)23-12-13-27-26-24(23)28-25(29-26)21-6-4-19(5-7-21)18-31-16-14-30(2)15-17-31/h4-13H,3,14-18H2,1-2H3,(H,27,28,29). The highest BCUT2D eigenvalue weighted by Gasteiger charge is 2.15. The predicted molar refractivity (Wildman–Crippen MR) is 129 cm³/mol. The van der Waals surface area contributed by atoms with E-state index in [4.69, 9.17) is 9.72 Å². The summed E-state index contributed by atoms with van der Waals surface area (Å²) in [7, 11) is 2.19. The van der Waals surface area contributed by atoms with Gasteiger partial charge >= 0.3 is 0 Å². The molecule has 0 amide bonds. The molecule has 2 aromatic heterocycles. The number of fused-ring (bicyclic) bond motifs is 1. The van der Waals surface area contributed by atoms with Crippen LogP contribution in [0.3, 0.4) is 0 Å². The Morgan fingerprint density at radius 1 is 0.906 bits per heavy atom. The van der Waals surface area contributed by atoms with Crippen molar-refractivity contribution < 1.29 is 4.74 Å². The molecule has 6 heteroatoms. The van der Waals surface area contributed by atoms with Gasteiger partial charge in [-0.25, -0.2) is 9.97 Å². The molecule has 32 heavy (non-hydrogen) atoms. The molecule has 1 saturated heterocycles. The number of piperazine rings is 1. The smallest absolute Gasteiger partial charge is 0.158 e. The normalized spacial score (nSPS) is 15.3. The maximum atomic E-state index is 5.57. The first-order chi connectivity index (χ1) is 15.7. The van der Waals surface area contributed by atoms with E-state index in [1.165, 1.54) is 5.56 Å². The Bertz CT molecular complexity index is 1180. The van der Waals surface area contributed by atoms with Crippen LogP contribution in [0.5, 0.6) is 5.75 Å². The molecule has 6 nitrogen and oxygen atoms in total. The summed E-state index contributed by atoms with van der Waals surface area (Å²) in [5.74, 6) is 1.72. The zero-order chi connectivity index (χ0) is 21.9. The number of hydrogen-bond donors (Lipinski definition) is 1. The summed E-state index contributed by atoms with van der Waals surface area (Å²) in [4.78, 5) is 17.7. The van der Waals surface area contributed by atoms with Crippen LogP contribution in [0, 0.1) is 0 Å². The SMILES string of the molecule is CCOc1ccc(-c2ccnc3[nH]c(-c4ccc(CN5CCN(C)CC5)cc4)nc23)cc1. The van der Waals surface area contributed by atoms with Crippen molar-refractivity contribution in [3.63, 3.8) is 0 Å². The second kappa shape index (κ2) is 9.10. The fraction of sp³-hybridized carbons (Fsp3) is 0.308. The van der Waals surface area contributed by atoms with E-state index in [0.717, 1.165) is 72.2 Å². The minimum atomic E-state index is 0.662. The van der Waals surface area contributed by atoms with E-state index < -0.39 is 0 Å². The van der Waals surface area contributed by atoms with E-state index in [2.05, 4.69) is 63.2 Å². The minimum absolute atomic E-state index is 0.662. The van der Waals surface area contributed by atoms with Gasteiger partial charge in [-0.05, 0) is 43.3 Å². The Morgan fingerprint density at radius 3 is 2.34 bits per heavy atom. The number of rotatable bonds is 6. The number of nitrogens with one attached hydrogen (secondary N) is 1. The van der Waals surface area contributed by atoms with Gasteiger partial charge in [0.2, 0.25) is 0 Å². The summed E-state index contributed by atoms with van der Waals surface area (Å²) in [6.45, 7) is 8.18. The van der Waals surface area contributed by atoms with Crippen LogP contribution in [0.4, 0.5) is 0 Å². The van der Waals surface area contributed by atoms with Crippen LogP contribution in [0.15, 0.2) is 60.8 Å². The van der Waals surface area contributed by atoms with Crippen molar-refractivity contribution in [3.05, 3.63) is 66.4 Å². The number of benzene rings is 2. The fourth-order valence-corrected chi connectivity index (χ4v) is 4.21. The van der Waals surface area contributed by atoms with Gasteiger partial charge < -0.3 is 14.6 Å². The average Bonchev–Trinajstić information content (AvgIpc) is 3.26. The van der Waals surface area contributed by atoms with Crippen molar-refractivity contribution in [1.29, 1.82) is 0 Å². The number of aromatic amines is 1. The first kappa shape index (κ1) is 20.7. The summed E-state index contributed by atoms with van der Waals surface area (Å²) in [6, 6.07) is 18.9. The summed E-state index contributed by atoms with van der Waals surface area (Å²) >= 11 is 0. The summed E-state index contributed by atoms with van der Waals surface area (Å²) in [5.41, 5.74) is 6.25. The van der Waals surface area contributed by atoms with E-state index >= 15 is 0 Å².